The van der Waals surface area contributed by atoms with Gasteiger partial charge in [-0.25, -0.2) is 4.98 Å². The van der Waals surface area contributed by atoms with Crippen LogP contribution in [-0.2, 0) is 12.2 Å². The number of hydrogen-bond acceptors (Lipinski definition) is 3. The molecule has 0 fully saturated rings. The van der Waals surface area contributed by atoms with Gasteiger partial charge < -0.3 is 4.90 Å². The first-order valence-corrected chi connectivity index (χ1v) is 8.98. The number of aromatic nitrogens is 2. The molecule has 3 aromatic rings. The smallest absolute Gasteiger partial charge is 0.106 e. The maximum atomic E-state index is 4.47. The minimum atomic E-state index is 0.936. The number of imidazole rings is 1. The Morgan fingerprint density at radius 1 is 1.04 bits per heavy atom. The third-order valence-electron chi connectivity index (χ3n) is 3.95. The molecule has 0 amide bonds. The lowest BCUT2D eigenvalue weighted by molar-refractivity contribution is 0.909. The second-order valence-corrected chi connectivity index (χ2v) is 6.84. The van der Waals surface area contributed by atoms with Crippen molar-refractivity contribution in [3.63, 3.8) is 0 Å². The number of nitrogens with zero attached hydrogens (tertiary/aromatic N) is 3. The fourth-order valence-electron chi connectivity index (χ4n) is 2.98. The molecule has 120 valence electrons. The molecule has 0 aliphatic heterocycles. The van der Waals surface area contributed by atoms with Gasteiger partial charge in [-0.1, -0.05) is 43.7 Å². The van der Waals surface area contributed by atoms with Crippen LogP contribution in [0.4, 0.5) is 5.69 Å². The zero-order valence-electron chi connectivity index (χ0n) is 14.0. The fourth-order valence-corrected chi connectivity index (χ4v) is 3.90. The molecule has 0 saturated heterocycles. The van der Waals surface area contributed by atoms with Crippen LogP contribution in [0.3, 0.4) is 0 Å². The molecular formula is C19H23N3S. The quantitative estimate of drug-likeness (QED) is 0.652. The van der Waals surface area contributed by atoms with Gasteiger partial charge in [-0.15, -0.1) is 0 Å². The van der Waals surface area contributed by atoms with Crippen molar-refractivity contribution in [2.24, 2.45) is 0 Å². The summed E-state index contributed by atoms with van der Waals surface area (Å²) in [6.45, 7) is 2.23. The number of hydrogen-bond donors (Lipinski definition) is 0. The van der Waals surface area contributed by atoms with Crippen molar-refractivity contribution in [3.05, 3.63) is 59.9 Å². The predicted octanol–water partition coefficient (Wildman–Crippen LogP) is 4.75. The Labute approximate surface area is 142 Å². The molecule has 1 aromatic heterocycles. The van der Waals surface area contributed by atoms with Crippen LogP contribution in [0.25, 0.3) is 11.0 Å². The molecule has 0 saturated carbocycles. The van der Waals surface area contributed by atoms with Gasteiger partial charge in [0, 0.05) is 25.5 Å². The van der Waals surface area contributed by atoms with E-state index in [1.165, 1.54) is 28.8 Å². The van der Waals surface area contributed by atoms with E-state index in [0.717, 1.165) is 17.7 Å². The topological polar surface area (TPSA) is 21.1 Å². The SMILES string of the molecule is CCCc1cccc(CSn2cnc3ccccc32)c1N(C)C. The van der Waals surface area contributed by atoms with Gasteiger partial charge in [0.2, 0.25) is 0 Å². The molecule has 4 heteroatoms. The van der Waals surface area contributed by atoms with Crippen LogP contribution in [0.2, 0.25) is 0 Å². The first kappa shape index (κ1) is 15.9. The van der Waals surface area contributed by atoms with Crippen LogP contribution in [0.5, 0.6) is 0 Å². The standard InChI is InChI=1S/C19H23N3S/c1-4-8-15-9-7-10-16(19(15)21(2)3)13-23-22-14-20-17-11-5-6-12-18(17)22/h5-7,9-12,14H,4,8,13H2,1-3H3. The minimum absolute atomic E-state index is 0.936. The first-order chi connectivity index (χ1) is 11.2. The average molecular weight is 325 g/mol. The normalized spacial score (nSPS) is 11.1. The summed E-state index contributed by atoms with van der Waals surface area (Å²) < 4.78 is 2.17. The monoisotopic (exact) mass is 325 g/mol. The first-order valence-electron chi connectivity index (χ1n) is 8.04. The number of anilines is 1. The van der Waals surface area contributed by atoms with Gasteiger partial charge in [-0.3, -0.25) is 3.97 Å². The highest BCUT2D eigenvalue weighted by atomic mass is 32.2. The molecule has 3 nitrogen and oxygen atoms in total. The van der Waals surface area contributed by atoms with Gasteiger partial charge >= 0.3 is 0 Å². The highest BCUT2D eigenvalue weighted by molar-refractivity contribution is 7.97. The van der Waals surface area contributed by atoms with Crippen molar-refractivity contribution in [1.29, 1.82) is 0 Å². The van der Waals surface area contributed by atoms with Crippen molar-refractivity contribution < 1.29 is 0 Å². The van der Waals surface area contributed by atoms with Crippen LogP contribution < -0.4 is 4.90 Å². The molecule has 0 N–H and O–H groups in total. The van der Waals surface area contributed by atoms with E-state index in [9.17, 15) is 0 Å². The number of aryl methyl sites for hydroxylation is 1. The summed E-state index contributed by atoms with van der Waals surface area (Å²) in [5.74, 6) is 0.936. The van der Waals surface area contributed by atoms with E-state index >= 15 is 0 Å². The van der Waals surface area contributed by atoms with Gasteiger partial charge in [-0.2, -0.15) is 0 Å². The van der Waals surface area contributed by atoms with Gasteiger partial charge in [0.15, 0.2) is 0 Å². The molecule has 0 bridgehead atoms. The third kappa shape index (κ3) is 3.37. The third-order valence-corrected chi connectivity index (χ3v) is 4.96. The Hall–Kier alpha value is -1.94. The van der Waals surface area contributed by atoms with E-state index in [1.54, 1.807) is 11.9 Å². The lowest BCUT2D eigenvalue weighted by atomic mass is 10.0. The summed E-state index contributed by atoms with van der Waals surface area (Å²) in [6, 6.07) is 14.9. The summed E-state index contributed by atoms with van der Waals surface area (Å²) in [7, 11) is 4.27. The van der Waals surface area contributed by atoms with E-state index in [-0.39, 0.29) is 0 Å². The molecule has 1 heterocycles. The molecular weight excluding hydrogens is 302 g/mol. The van der Waals surface area contributed by atoms with Gasteiger partial charge in [0.05, 0.1) is 11.0 Å². The predicted molar refractivity (Wildman–Crippen MR) is 101 cm³/mol. The maximum absolute atomic E-state index is 4.47. The number of para-hydroxylation sites is 3. The lowest BCUT2D eigenvalue weighted by Crippen LogP contribution is -2.14. The molecule has 2 aromatic carbocycles. The molecule has 0 spiro atoms. The van der Waals surface area contributed by atoms with Crippen LogP contribution in [0.15, 0.2) is 48.8 Å². The molecule has 0 aliphatic carbocycles. The zero-order chi connectivity index (χ0) is 16.2. The summed E-state index contributed by atoms with van der Waals surface area (Å²) >= 11 is 1.80. The molecule has 0 unspecified atom stereocenters. The number of rotatable bonds is 6. The number of benzene rings is 2. The zero-order valence-corrected chi connectivity index (χ0v) is 14.8. The Kier molecular flexibility index (Phi) is 4.91. The Bertz CT molecular complexity index is 792. The average Bonchev–Trinajstić information content (AvgIpc) is 2.96. The summed E-state index contributed by atoms with van der Waals surface area (Å²) in [5.41, 5.74) is 6.40. The Morgan fingerprint density at radius 2 is 1.83 bits per heavy atom. The Morgan fingerprint density at radius 3 is 2.61 bits per heavy atom. The van der Waals surface area contributed by atoms with Crippen LogP contribution in [-0.4, -0.2) is 23.1 Å². The van der Waals surface area contributed by atoms with E-state index in [0.29, 0.717) is 0 Å². The number of fused-ring (bicyclic) bond motifs is 1. The van der Waals surface area contributed by atoms with Gasteiger partial charge in [0.1, 0.15) is 6.33 Å². The van der Waals surface area contributed by atoms with Gasteiger partial charge in [0.25, 0.3) is 0 Å². The van der Waals surface area contributed by atoms with Crippen LogP contribution in [0.1, 0.15) is 24.5 Å². The van der Waals surface area contributed by atoms with E-state index in [4.69, 9.17) is 0 Å². The van der Waals surface area contributed by atoms with E-state index in [2.05, 4.69) is 71.3 Å². The molecule has 23 heavy (non-hydrogen) atoms. The fraction of sp³-hybridized carbons (Fsp3) is 0.316. The van der Waals surface area contributed by atoms with Crippen LogP contribution in [0, 0.1) is 0 Å². The van der Waals surface area contributed by atoms with E-state index < -0.39 is 0 Å². The van der Waals surface area contributed by atoms with Crippen molar-refractivity contribution >= 4 is 28.7 Å². The molecule has 0 atom stereocenters. The van der Waals surface area contributed by atoms with Crippen molar-refractivity contribution in [2.75, 3.05) is 19.0 Å². The summed E-state index contributed by atoms with van der Waals surface area (Å²) in [6.07, 6.45) is 4.21. The summed E-state index contributed by atoms with van der Waals surface area (Å²) in [5, 5.41) is 0. The van der Waals surface area contributed by atoms with Crippen molar-refractivity contribution in [3.8, 4) is 0 Å². The minimum Gasteiger partial charge on any atom is -0.377 e. The van der Waals surface area contributed by atoms with E-state index in [1.807, 2.05) is 12.4 Å². The maximum Gasteiger partial charge on any atom is 0.106 e. The lowest BCUT2D eigenvalue weighted by Gasteiger charge is -2.21. The largest absolute Gasteiger partial charge is 0.377 e. The second kappa shape index (κ2) is 7.09. The van der Waals surface area contributed by atoms with Crippen molar-refractivity contribution in [2.45, 2.75) is 25.5 Å². The highest BCUT2D eigenvalue weighted by Gasteiger charge is 2.11. The van der Waals surface area contributed by atoms with Crippen molar-refractivity contribution in [1.82, 2.24) is 8.96 Å². The molecule has 0 aliphatic rings. The molecule has 0 radical (unpaired) electrons. The van der Waals surface area contributed by atoms with Crippen LogP contribution >= 0.6 is 11.9 Å². The highest BCUT2D eigenvalue weighted by Crippen LogP contribution is 2.30. The molecule has 3 rings (SSSR count). The summed E-state index contributed by atoms with van der Waals surface area (Å²) in [4.78, 5) is 6.71. The second-order valence-electron chi connectivity index (χ2n) is 5.90. The van der Waals surface area contributed by atoms with Gasteiger partial charge in [-0.05, 0) is 41.6 Å². The Balaban J connectivity index is 1.86.